The van der Waals surface area contributed by atoms with Crippen LogP contribution in [0.3, 0.4) is 0 Å². The molecule has 1 heteroatoms. The number of rotatable bonds is 8. The van der Waals surface area contributed by atoms with E-state index in [1.165, 1.54) is 66.8 Å². The van der Waals surface area contributed by atoms with Gasteiger partial charge in [0.1, 0.15) is 0 Å². The van der Waals surface area contributed by atoms with Crippen molar-refractivity contribution in [3.8, 4) is 22.3 Å². The van der Waals surface area contributed by atoms with Crippen molar-refractivity contribution in [3.63, 3.8) is 0 Å². The highest BCUT2D eigenvalue weighted by Gasteiger charge is 2.48. The van der Waals surface area contributed by atoms with E-state index in [0.717, 1.165) is 29.9 Å². The van der Waals surface area contributed by atoms with Gasteiger partial charge in [-0.05, 0) is 116 Å². The molecule has 10 rings (SSSR count). The zero-order valence-corrected chi connectivity index (χ0v) is 31.2. The van der Waals surface area contributed by atoms with E-state index in [0.29, 0.717) is 0 Å². The molecule has 0 amide bonds. The van der Waals surface area contributed by atoms with Crippen molar-refractivity contribution in [2.45, 2.75) is 18.3 Å². The molecule has 0 saturated carbocycles. The molecule has 0 aromatic heterocycles. The minimum atomic E-state index is -0.345. The van der Waals surface area contributed by atoms with Crippen LogP contribution in [0.25, 0.3) is 33.4 Å². The number of hydrogen-bond acceptors (Lipinski definition) is 1. The van der Waals surface area contributed by atoms with Gasteiger partial charge in [0.05, 0.1) is 5.41 Å². The van der Waals surface area contributed by atoms with Gasteiger partial charge in [-0.15, -0.1) is 0 Å². The van der Waals surface area contributed by atoms with E-state index in [9.17, 15) is 0 Å². The molecule has 8 aromatic carbocycles. The molecule has 0 aliphatic heterocycles. The second kappa shape index (κ2) is 14.4. The largest absolute Gasteiger partial charge is 0.311 e. The fourth-order valence-corrected chi connectivity index (χ4v) is 9.19. The molecule has 8 aromatic rings. The standard InChI is InChI=1S/C55H41N/c1-5-16-40(17-6-1)42-28-34-47(35-29-42)56(48-36-30-43(31-37-48)41-18-7-2-8-19-41)49-38-32-44(33-39-49)50-25-15-27-53-54(50)51-24-13-14-26-52(51)55(53,45-20-9-3-10-21-45)46-22-11-4-12-23-46/h1-14,16-26,28-39H,15,27H2. The Morgan fingerprint density at radius 1 is 0.357 bits per heavy atom. The Labute approximate surface area is 330 Å². The number of anilines is 3. The fourth-order valence-electron chi connectivity index (χ4n) is 9.19. The maximum atomic E-state index is 2.47. The molecule has 56 heavy (non-hydrogen) atoms. The predicted molar refractivity (Wildman–Crippen MR) is 235 cm³/mol. The Morgan fingerprint density at radius 3 is 1.23 bits per heavy atom. The van der Waals surface area contributed by atoms with Gasteiger partial charge in [0, 0.05) is 17.1 Å². The van der Waals surface area contributed by atoms with Gasteiger partial charge in [-0.3, -0.25) is 0 Å². The summed E-state index contributed by atoms with van der Waals surface area (Å²) < 4.78 is 0. The van der Waals surface area contributed by atoms with Crippen molar-refractivity contribution in [1.29, 1.82) is 0 Å². The van der Waals surface area contributed by atoms with E-state index in [2.05, 4.69) is 229 Å². The summed E-state index contributed by atoms with van der Waals surface area (Å²) in [6, 6.07) is 79.7. The van der Waals surface area contributed by atoms with E-state index in [1.54, 1.807) is 0 Å². The van der Waals surface area contributed by atoms with E-state index in [-0.39, 0.29) is 5.41 Å². The summed E-state index contributed by atoms with van der Waals surface area (Å²) in [6.45, 7) is 0. The van der Waals surface area contributed by atoms with Crippen molar-refractivity contribution in [2.75, 3.05) is 4.90 Å². The topological polar surface area (TPSA) is 3.24 Å². The van der Waals surface area contributed by atoms with E-state index >= 15 is 0 Å². The van der Waals surface area contributed by atoms with Crippen LogP contribution in [0.1, 0.15) is 40.7 Å². The maximum absolute atomic E-state index is 2.47. The van der Waals surface area contributed by atoms with Crippen molar-refractivity contribution in [1.82, 2.24) is 0 Å². The zero-order valence-electron chi connectivity index (χ0n) is 31.2. The molecule has 0 fully saturated rings. The van der Waals surface area contributed by atoms with E-state index in [1.807, 2.05) is 0 Å². The SMILES string of the molecule is C1=C(c2ccc(N(c3ccc(-c4ccccc4)cc3)c3ccc(-c4ccccc4)cc3)cc2)C2=C(CC1)C(c1ccccc1)(c1ccccc1)c1ccccc12. The summed E-state index contributed by atoms with van der Waals surface area (Å²) in [5.74, 6) is 0. The third-order valence-corrected chi connectivity index (χ3v) is 11.7. The first-order valence-electron chi connectivity index (χ1n) is 19.7. The lowest BCUT2D eigenvalue weighted by molar-refractivity contribution is 0.697. The van der Waals surface area contributed by atoms with Crippen LogP contribution >= 0.6 is 0 Å². The molecule has 266 valence electrons. The third-order valence-electron chi connectivity index (χ3n) is 11.7. The molecule has 0 unspecified atom stereocenters. The minimum absolute atomic E-state index is 0.345. The summed E-state index contributed by atoms with van der Waals surface area (Å²) in [4.78, 5) is 2.37. The summed E-state index contributed by atoms with van der Waals surface area (Å²) in [5.41, 5.74) is 18.7. The second-order valence-electron chi connectivity index (χ2n) is 14.7. The number of hydrogen-bond donors (Lipinski definition) is 0. The number of nitrogens with zero attached hydrogens (tertiary/aromatic N) is 1. The molecule has 0 heterocycles. The first-order valence-corrected chi connectivity index (χ1v) is 19.7. The minimum Gasteiger partial charge on any atom is -0.311 e. The normalized spacial score (nSPS) is 14.1. The first-order chi connectivity index (χ1) is 27.8. The molecule has 0 radical (unpaired) electrons. The summed E-state index contributed by atoms with van der Waals surface area (Å²) in [7, 11) is 0. The van der Waals surface area contributed by atoms with Gasteiger partial charge in [0.25, 0.3) is 0 Å². The Morgan fingerprint density at radius 2 is 0.750 bits per heavy atom. The van der Waals surface area contributed by atoms with Crippen LogP contribution in [-0.2, 0) is 5.41 Å². The van der Waals surface area contributed by atoms with Gasteiger partial charge in [0.15, 0.2) is 0 Å². The van der Waals surface area contributed by atoms with Gasteiger partial charge in [-0.25, -0.2) is 0 Å². The molecule has 2 aliphatic rings. The smallest absolute Gasteiger partial charge is 0.0676 e. The molecule has 1 nitrogen and oxygen atoms in total. The quantitative estimate of drug-likeness (QED) is 0.151. The van der Waals surface area contributed by atoms with Gasteiger partial charge in [0.2, 0.25) is 0 Å². The van der Waals surface area contributed by atoms with Crippen LogP contribution in [0.2, 0.25) is 0 Å². The van der Waals surface area contributed by atoms with Crippen LogP contribution in [0, 0.1) is 0 Å². The molecule has 0 spiro atoms. The number of allylic oxidation sites excluding steroid dienone is 4. The average Bonchev–Trinajstić information content (AvgIpc) is 3.60. The highest BCUT2D eigenvalue weighted by molar-refractivity contribution is 6.11. The summed E-state index contributed by atoms with van der Waals surface area (Å²) in [5, 5.41) is 0. The van der Waals surface area contributed by atoms with Crippen molar-refractivity contribution < 1.29 is 0 Å². The highest BCUT2D eigenvalue weighted by atomic mass is 15.1. The first kappa shape index (κ1) is 33.6. The lowest BCUT2D eigenvalue weighted by atomic mass is 9.65. The van der Waals surface area contributed by atoms with Crippen LogP contribution in [0.4, 0.5) is 17.1 Å². The molecule has 2 aliphatic carbocycles. The van der Waals surface area contributed by atoms with Crippen LogP contribution in [0.5, 0.6) is 0 Å². The zero-order chi connectivity index (χ0) is 37.3. The Balaban J connectivity index is 1.07. The second-order valence-corrected chi connectivity index (χ2v) is 14.7. The van der Waals surface area contributed by atoms with Gasteiger partial charge >= 0.3 is 0 Å². The molecule has 0 N–H and O–H groups in total. The Bertz CT molecular complexity index is 2550. The number of fused-ring (bicyclic) bond motifs is 2. The maximum Gasteiger partial charge on any atom is 0.0676 e. The molecule has 0 bridgehead atoms. The third kappa shape index (κ3) is 5.72. The van der Waals surface area contributed by atoms with Gasteiger partial charge in [-0.2, -0.15) is 0 Å². The average molecular weight is 716 g/mol. The lowest BCUT2D eigenvalue weighted by Crippen LogP contribution is -2.30. The molecule has 0 atom stereocenters. The molecule has 0 saturated heterocycles. The Kier molecular flexibility index (Phi) is 8.61. The Hall–Kier alpha value is -6.96. The van der Waals surface area contributed by atoms with E-state index in [4.69, 9.17) is 0 Å². The number of benzene rings is 8. The summed E-state index contributed by atoms with van der Waals surface area (Å²) >= 11 is 0. The fraction of sp³-hybridized carbons (Fsp3) is 0.0545. The van der Waals surface area contributed by atoms with Crippen LogP contribution in [-0.4, -0.2) is 0 Å². The molecular weight excluding hydrogens is 675 g/mol. The van der Waals surface area contributed by atoms with Crippen LogP contribution in [0.15, 0.2) is 230 Å². The van der Waals surface area contributed by atoms with Crippen molar-refractivity contribution in [3.05, 3.63) is 258 Å². The van der Waals surface area contributed by atoms with Gasteiger partial charge < -0.3 is 4.90 Å². The van der Waals surface area contributed by atoms with Crippen LogP contribution < -0.4 is 4.90 Å². The van der Waals surface area contributed by atoms with Crippen molar-refractivity contribution >= 4 is 28.2 Å². The predicted octanol–water partition coefficient (Wildman–Crippen LogP) is 14.5. The lowest BCUT2D eigenvalue weighted by Gasteiger charge is -2.36. The van der Waals surface area contributed by atoms with Crippen molar-refractivity contribution in [2.24, 2.45) is 0 Å². The van der Waals surface area contributed by atoms with E-state index < -0.39 is 0 Å². The van der Waals surface area contributed by atoms with Gasteiger partial charge in [-0.1, -0.05) is 188 Å². The monoisotopic (exact) mass is 715 g/mol. The summed E-state index contributed by atoms with van der Waals surface area (Å²) in [6.07, 6.45) is 4.49. The highest BCUT2D eigenvalue weighted by Crippen LogP contribution is 2.60. The molecular formula is C55H41N.